The van der Waals surface area contributed by atoms with Crippen LogP contribution in [0, 0.1) is 13.8 Å². The Kier molecular flexibility index (Phi) is 3.89. The Morgan fingerprint density at radius 1 is 1.05 bits per heavy atom. The molecule has 0 saturated carbocycles. The summed E-state index contributed by atoms with van der Waals surface area (Å²) in [6, 6.07) is 3.08. The molecule has 0 aromatic carbocycles. The fourth-order valence-electron chi connectivity index (χ4n) is 3.35. The molecule has 2 aliphatic rings. The summed E-state index contributed by atoms with van der Waals surface area (Å²) >= 11 is 0. The number of nitrogens with zero attached hydrogens (tertiary/aromatic N) is 4. The predicted octanol–water partition coefficient (Wildman–Crippen LogP) is 1.10. The average Bonchev–Trinajstić information content (AvgIpc) is 2.88. The van der Waals surface area contributed by atoms with Gasteiger partial charge in [-0.2, -0.15) is 0 Å². The summed E-state index contributed by atoms with van der Waals surface area (Å²) in [6.45, 7) is 8.49. The minimum Gasteiger partial charge on any atom is -0.339 e. The zero-order chi connectivity index (χ0) is 14.1. The molecule has 0 amide bonds. The first-order valence-electron chi connectivity index (χ1n) is 7.68. The molecule has 0 bridgehead atoms. The molecule has 20 heavy (non-hydrogen) atoms. The third kappa shape index (κ3) is 2.94. The molecule has 0 aliphatic carbocycles. The van der Waals surface area contributed by atoms with E-state index in [2.05, 4.69) is 19.8 Å². The maximum Gasteiger partial charge on any atom is 0.225 e. The second-order valence-corrected chi connectivity index (χ2v) is 6.21. The molecule has 2 aliphatic heterocycles. The van der Waals surface area contributed by atoms with Gasteiger partial charge < -0.3 is 10.6 Å². The van der Waals surface area contributed by atoms with Crippen LogP contribution in [0.4, 0.5) is 5.95 Å². The van der Waals surface area contributed by atoms with Crippen molar-refractivity contribution in [3.63, 3.8) is 0 Å². The smallest absolute Gasteiger partial charge is 0.225 e. The Labute approximate surface area is 121 Å². The molecule has 110 valence electrons. The van der Waals surface area contributed by atoms with Gasteiger partial charge in [-0.05, 0) is 52.3 Å². The van der Waals surface area contributed by atoms with Crippen molar-refractivity contribution in [1.29, 1.82) is 0 Å². The van der Waals surface area contributed by atoms with Crippen molar-refractivity contribution in [2.75, 3.05) is 31.1 Å². The number of aromatic nitrogens is 2. The van der Waals surface area contributed by atoms with E-state index in [9.17, 15) is 0 Å². The summed E-state index contributed by atoms with van der Waals surface area (Å²) in [7, 11) is 0. The normalized spacial score (nSPS) is 25.4. The molecule has 5 nitrogen and oxygen atoms in total. The minimum absolute atomic E-state index is 0.409. The number of anilines is 1. The van der Waals surface area contributed by atoms with Crippen molar-refractivity contribution in [3.8, 4) is 0 Å². The molecule has 3 heterocycles. The van der Waals surface area contributed by atoms with Gasteiger partial charge in [-0.1, -0.05) is 0 Å². The van der Waals surface area contributed by atoms with Crippen LogP contribution >= 0.6 is 0 Å². The van der Waals surface area contributed by atoms with Crippen LogP contribution in [-0.2, 0) is 0 Å². The number of nitrogens with two attached hydrogens (primary N) is 1. The number of piperidine rings is 1. The van der Waals surface area contributed by atoms with E-state index in [1.807, 2.05) is 19.9 Å². The topological polar surface area (TPSA) is 58.3 Å². The third-order valence-electron chi connectivity index (χ3n) is 4.51. The Morgan fingerprint density at radius 3 is 2.35 bits per heavy atom. The van der Waals surface area contributed by atoms with Crippen LogP contribution in [0.1, 0.15) is 30.7 Å². The molecule has 1 aromatic rings. The summed E-state index contributed by atoms with van der Waals surface area (Å²) in [5.41, 5.74) is 8.10. The van der Waals surface area contributed by atoms with Crippen LogP contribution in [0.25, 0.3) is 0 Å². The van der Waals surface area contributed by atoms with Gasteiger partial charge in [-0.3, -0.25) is 4.90 Å². The van der Waals surface area contributed by atoms with Gasteiger partial charge in [0.25, 0.3) is 0 Å². The Balaban J connectivity index is 1.64. The van der Waals surface area contributed by atoms with E-state index in [1.165, 1.54) is 6.42 Å². The summed E-state index contributed by atoms with van der Waals surface area (Å²) < 4.78 is 0. The van der Waals surface area contributed by atoms with Crippen molar-refractivity contribution in [2.24, 2.45) is 5.73 Å². The van der Waals surface area contributed by atoms with Gasteiger partial charge in [0, 0.05) is 36.6 Å². The SMILES string of the molecule is Cc1cc(C)nc(N2CCC(N3CCC(N)CC3)C2)n1. The van der Waals surface area contributed by atoms with Crippen molar-refractivity contribution in [1.82, 2.24) is 14.9 Å². The van der Waals surface area contributed by atoms with E-state index < -0.39 is 0 Å². The molecule has 0 spiro atoms. The fourth-order valence-corrected chi connectivity index (χ4v) is 3.35. The lowest BCUT2D eigenvalue weighted by Crippen LogP contribution is -2.46. The van der Waals surface area contributed by atoms with Gasteiger partial charge in [-0.25, -0.2) is 9.97 Å². The minimum atomic E-state index is 0.409. The highest BCUT2D eigenvalue weighted by Crippen LogP contribution is 2.23. The monoisotopic (exact) mass is 275 g/mol. The fraction of sp³-hybridized carbons (Fsp3) is 0.733. The van der Waals surface area contributed by atoms with E-state index in [4.69, 9.17) is 5.73 Å². The molecule has 5 heteroatoms. The molecule has 3 rings (SSSR count). The molecule has 1 atom stereocenters. The molecule has 2 fully saturated rings. The second-order valence-electron chi connectivity index (χ2n) is 6.21. The number of rotatable bonds is 2. The zero-order valence-corrected chi connectivity index (χ0v) is 12.5. The van der Waals surface area contributed by atoms with Gasteiger partial charge in [0.15, 0.2) is 0 Å². The van der Waals surface area contributed by atoms with Crippen LogP contribution in [0.3, 0.4) is 0 Å². The van der Waals surface area contributed by atoms with E-state index in [-0.39, 0.29) is 0 Å². The quantitative estimate of drug-likeness (QED) is 0.876. The van der Waals surface area contributed by atoms with Crippen LogP contribution in [0.5, 0.6) is 0 Å². The molecule has 0 radical (unpaired) electrons. The molecular formula is C15H25N5. The molecule has 2 saturated heterocycles. The number of hydrogen-bond acceptors (Lipinski definition) is 5. The molecule has 1 unspecified atom stereocenters. The maximum absolute atomic E-state index is 5.99. The zero-order valence-electron chi connectivity index (χ0n) is 12.5. The molecule has 1 aromatic heterocycles. The first kappa shape index (κ1) is 13.8. The summed E-state index contributed by atoms with van der Waals surface area (Å²) in [4.78, 5) is 14.1. The van der Waals surface area contributed by atoms with Crippen LogP contribution in [-0.4, -0.2) is 53.1 Å². The Bertz CT molecular complexity index is 447. The van der Waals surface area contributed by atoms with E-state index >= 15 is 0 Å². The first-order chi connectivity index (χ1) is 9.61. The summed E-state index contributed by atoms with van der Waals surface area (Å²) in [6.07, 6.45) is 3.48. The summed E-state index contributed by atoms with van der Waals surface area (Å²) in [5.74, 6) is 0.902. The predicted molar refractivity (Wildman–Crippen MR) is 80.9 cm³/mol. The lowest BCUT2D eigenvalue weighted by molar-refractivity contribution is 0.163. The van der Waals surface area contributed by atoms with Gasteiger partial charge in [-0.15, -0.1) is 0 Å². The van der Waals surface area contributed by atoms with E-state index in [1.54, 1.807) is 0 Å². The molecular weight excluding hydrogens is 250 g/mol. The Morgan fingerprint density at radius 2 is 1.70 bits per heavy atom. The standard InChI is InChI=1S/C15H25N5/c1-11-9-12(2)18-15(17-11)20-8-5-14(10-20)19-6-3-13(16)4-7-19/h9,13-14H,3-8,10,16H2,1-2H3. The number of likely N-dealkylation sites (tertiary alicyclic amines) is 1. The van der Waals surface area contributed by atoms with Crippen LogP contribution in [0.15, 0.2) is 6.07 Å². The highest BCUT2D eigenvalue weighted by atomic mass is 15.3. The van der Waals surface area contributed by atoms with Crippen molar-refractivity contribution in [2.45, 2.75) is 45.2 Å². The van der Waals surface area contributed by atoms with Crippen LogP contribution < -0.4 is 10.6 Å². The largest absolute Gasteiger partial charge is 0.339 e. The number of aryl methyl sites for hydroxylation is 2. The van der Waals surface area contributed by atoms with E-state index in [0.29, 0.717) is 12.1 Å². The van der Waals surface area contributed by atoms with Crippen LogP contribution in [0.2, 0.25) is 0 Å². The highest BCUT2D eigenvalue weighted by molar-refractivity contribution is 5.34. The van der Waals surface area contributed by atoms with Crippen molar-refractivity contribution in [3.05, 3.63) is 17.5 Å². The lowest BCUT2D eigenvalue weighted by Gasteiger charge is -2.34. The lowest BCUT2D eigenvalue weighted by atomic mass is 10.0. The van der Waals surface area contributed by atoms with E-state index in [0.717, 1.165) is 56.4 Å². The Hall–Kier alpha value is -1.20. The van der Waals surface area contributed by atoms with Crippen molar-refractivity contribution >= 4 is 5.95 Å². The molecule has 2 N–H and O–H groups in total. The van der Waals surface area contributed by atoms with Gasteiger partial charge >= 0.3 is 0 Å². The van der Waals surface area contributed by atoms with Gasteiger partial charge in [0.05, 0.1) is 0 Å². The first-order valence-corrected chi connectivity index (χ1v) is 7.68. The summed E-state index contributed by atoms with van der Waals surface area (Å²) in [5, 5.41) is 0. The average molecular weight is 275 g/mol. The van der Waals surface area contributed by atoms with Gasteiger partial charge in [0.2, 0.25) is 5.95 Å². The highest BCUT2D eigenvalue weighted by Gasteiger charge is 2.30. The second kappa shape index (κ2) is 5.66. The third-order valence-corrected chi connectivity index (χ3v) is 4.51. The van der Waals surface area contributed by atoms with Gasteiger partial charge in [0.1, 0.15) is 0 Å². The maximum atomic E-state index is 5.99. The number of hydrogen-bond donors (Lipinski definition) is 1. The van der Waals surface area contributed by atoms with Crippen molar-refractivity contribution < 1.29 is 0 Å².